The molecule has 1 aliphatic rings. The average Bonchev–Trinajstić information content (AvgIpc) is 2.71. The zero-order chi connectivity index (χ0) is 19.5. The van der Waals surface area contributed by atoms with Crippen molar-refractivity contribution in [2.45, 2.75) is 38.8 Å². The second-order valence-electron chi connectivity index (χ2n) is 7.39. The maximum absolute atomic E-state index is 4.74. The first kappa shape index (κ1) is 23.2. The lowest BCUT2D eigenvalue weighted by Crippen LogP contribution is -2.31. The lowest BCUT2D eigenvalue weighted by atomic mass is 10.3. The largest absolute Gasteiger partial charge is 0.317 e. The van der Waals surface area contributed by atoms with E-state index in [1.807, 2.05) is 0 Å². The quantitative estimate of drug-likeness (QED) is 0.377. The van der Waals surface area contributed by atoms with Gasteiger partial charge in [0.05, 0.1) is 11.4 Å². The fourth-order valence-electron chi connectivity index (χ4n) is 3.19. The highest BCUT2D eigenvalue weighted by molar-refractivity contribution is 5.11. The zero-order valence-electron chi connectivity index (χ0n) is 17.5. The van der Waals surface area contributed by atoms with E-state index in [2.05, 4.69) is 50.1 Å². The van der Waals surface area contributed by atoms with E-state index in [1.165, 1.54) is 12.8 Å². The number of nitrogens with zero attached hydrogens (tertiary/aromatic N) is 1. The molecule has 0 aromatic carbocycles. The fourth-order valence-corrected chi connectivity index (χ4v) is 3.19. The molecule has 0 amide bonds. The molecule has 0 saturated heterocycles. The topological polar surface area (TPSA) is 85.1 Å². The maximum atomic E-state index is 4.74. The molecule has 2 bridgehead atoms. The lowest BCUT2D eigenvalue weighted by Gasteiger charge is -2.08. The van der Waals surface area contributed by atoms with Gasteiger partial charge >= 0.3 is 0 Å². The lowest BCUT2D eigenvalue weighted by molar-refractivity contribution is 0.543. The van der Waals surface area contributed by atoms with E-state index in [0.717, 1.165) is 103 Å². The van der Waals surface area contributed by atoms with Gasteiger partial charge in [0.15, 0.2) is 0 Å². The predicted octanol–water partition coefficient (Wildman–Crippen LogP) is 0.193. The first-order valence-corrected chi connectivity index (χ1v) is 11.1. The van der Waals surface area contributed by atoms with Crippen LogP contribution in [0.3, 0.4) is 0 Å². The van der Waals surface area contributed by atoms with Crippen molar-refractivity contribution in [3.63, 3.8) is 0 Å². The summed E-state index contributed by atoms with van der Waals surface area (Å²) in [7, 11) is 0. The van der Waals surface area contributed by atoms with Crippen molar-refractivity contribution in [3.8, 4) is 0 Å². The van der Waals surface area contributed by atoms with Crippen molar-refractivity contribution in [1.29, 1.82) is 0 Å². The molecule has 1 aromatic heterocycles. The molecule has 0 unspecified atom stereocenters. The number of hydrogen-bond donors (Lipinski definition) is 6. The highest BCUT2D eigenvalue weighted by Crippen LogP contribution is 1.99. The van der Waals surface area contributed by atoms with Gasteiger partial charge in [-0.05, 0) is 90.2 Å². The van der Waals surface area contributed by atoms with Crippen molar-refractivity contribution in [3.05, 3.63) is 29.6 Å². The first-order chi connectivity index (χ1) is 13.9. The van der Waals surface area contributed by atoms with E-state index in [1.54, 1.807) is 0 Å². The van der Waals surface area contributed by atoms with Crippen LogP contribution in [0.15, 0.2) is 18.2 Å². The standard InChI is InChI=1S/C21H41N7/c1-6-20-18-26-14-4-10-22-8-2-12-24-16-17-25-13-3-9-23-11-5-15-27-19-21(7-1)28-20/h1,6-7,22-27H,2-5,8-19H2. The van der Waals surface area contributed by atoms with Crippen LogP contribution < -0.4 is 31.9 Å². The van der Waals surface area contributed by atoms with Gasteiger partial charge in [-0.3, -0.25) is 4.98 Å². The monoisotopic (exact) mass is 391 g/mol. The molecular formula is C21H41N7. The molecule has 0 saturated carbocycles. The summed E-state index contributed by atoms with van der Waals surface area (Å²) in [5.41, 5.74) is 2.25. The minimum absolute atomic E-state index is 0.843. The third-order valence-corrected chi connectivity index (χ3v) is 4.78. The van der Waals surface area contributed by atoms with Gasteiger partial charge < -0.3 is 31.9 Å². The van der Waals surface area contributed by atoms with Crippen LogP contribution in [0.25, 0.3) is 0 Å². The molecule has 7 nitrogen and oxygen atoms in total. The summed E-state index contributed by atoms with van der Waals surface area (Å²) < 4.78 is 0. The van der Waals surface area contributed by atoms with Gasteiger partial charge in [-0.15, -0.1) is 0 Å². The summed E-state index contributed by atoms with van der Waals surface area (Å²) >= 11 is 0. The van der Waals surface area contributed by atoms with Crippen molar-refractivity contribution in [1.82, 2.24) is 36.9 Å². The molecule has 0 spiro atoms. The van der Waals surface area contributed by atoms with Gasteiger partial charge in [-0.1, -0.05) is 6.07 Å². The molecule has 0 radical (unpaired) electrons. The minimum atomic E-state index is 0.843. The van der Waals surface area contributed by atoms with Gasteiger partial charge in [-0.2, -0.15) is 0 Å². The highest BCUT2D eigenvalue weighted by Gasteiger charge is 1.99. The average molecular weight is 392 g/mol. The van der Waals surface area contributed by atoms with Crippen molar-refractivity contribution in [2.24, 2.45) is 0 Å². The highest BCUT2D eigenvalue weighted by atomic mass is 15.0. The Morgan fingerprint density at radius 1 is 0.464 bits per heavy atom. The Bertz CT molecular complexity index is 444. The van der Waals surface area contributed by atoms with E-state index in [4.69, 9.17) is 4.98 Å². The molecule has 7 heteroatoms. The number of rotatable bonds is 0. The summed E-state index contributed by atoms with van der Waals surface area (Å²) in [4.78, 5) is 4.74. The van der Waals surface area contributed by atoms with E-state index in [0.29, 0.717) is 0 Å². The Morgan fingerprint density at radius 3 is 1.25 bits per heavy atom. The van der Waals surface area contributed by atoms with Crippen LogP contribution in [0.4, 0.5) is 0 Å². The van der Waals surface area contributed by atoms with E-state index >= 15 is 0 Å². The third kappa shape index (κ3) is 12.4. The molecule has 0 aliphatic carbocycles. The number of pyridine rings is 1. The summed E-state index contributed by atoms with van der Waals surface area (Å²) in [6.45, 7) is 12.3. The predicted molar refractivity (Wildman–Crippen MR) is 118 cm³/mol. The Kier molecular flexibility index (Phi) is 13.9. The van der Waals surface area contributed by atoms with Crippen LogP contribution in [0.2, 0.25) is 0 Å². The first-order valence-electron chi connectivity index (χ1n) is 11.1. The molecule has 2 heterocycles. The minimum Gasteiger partial charge on any atom is -0.317 e. The van der Waals surface area contributed by atoms with Crippen LogP contribution in [0, 0.1) is 0 Å². The molecule has 0 fully saturated rings. The second kappa shape index (κ2) is 16.8. The number of nitrogens with one attached hydrogen (secondary N) is 6. The van der Waals surface area contributed by atoms with E-state index < -0.39 is 0 Å². The van der Waals surface area contributed by atoms with E-state index in [-0.39, 0.29) is 0 Å². The normalized spacial score (nSPS) is 21.3. The molecule has 0 atom stereocenters. The van der Waals surface area contributed by atoms with Gasteiger partial charge in [0.25, 0.3) is 0 Å². The van der Waals surface area contributed by atoms with Gasteiger partial charge in [0.2, 0.25) is 0 Å². The molecule has 1 aromatic rings. The molecule has 6 N–H and O–H groups in total. The number of hydrogen-bond acceptors (Lipinski definition) is 7. The van der Waals surface area contributed by atoms with Crippen LogP contribution in [-0.4, -0.2) is 70.4 Å². The van der Waals surface area contributed by atoms with Crippen LogP contribution in [0.5, 0.6) is 0 Å². The smallest absolute Gasteiger partial charge is 0.0545 e. The van der Waals surface area contributed by atoms with Crippen LogP contribution >= 0.6 is 0 Å². The third-order valence-electron chi connectivity index (χ3n) is 4.78. The molecule has 160 valence electrons. The molecule has 2 rings (SSSR count). The summed E-state index contributed by atoms with van der Waals surface area (Å²) in [5, 5.41) is 21.0. The summed E-state index contributed by atoms with van der Waals surface area (Å²) in [6.07, 6.45) is 4.66. The Morgan fingerprint density at radius 2 is 0.821 bits per heavy atom. The van der Waals surface area contributed by atoms with Crippen molar-refractivity contribution < 1.29 is 0 Å². The zero-order valence-corrected chi connectivity index (χ0v) is 17.5. The van der Waals surface area contributed by atoms with E-state index in [9.17, 15) is 0 Å². The molecular weight excluding hydrogens is 350 g/mol. The number of aromatic nitrogens is 1. The van der Waals surface area contributed by atoms with Crippen LogP contribution in [0.1, 0.15) is 37.1 Å². The van der Waals surface area contributed by atoms with Gasteiger partial charge in [0.1, 0.15) is 0 Å². The van der Waals surface area contributed by atoms with Gasteiger partial charge in [0, 0.05) is 26.2 Å². The van der Waals surface area contributed by atoms with Gasteiger partial charge in [-0.25, -0.2) is 0 Å². The second-order valence-corrected chi connectivity index (χ2v) is 7.39. The van der Waals surface area contributed by atoms with Crippen LogP contribution in [-0.2, 0) is 13.1 Å². The Labute approximate surface area is 171 Å². The molecule has 28 heavy (non-hydrogen) atoms. The Balaban J connectivity index is 1.65. The maximum Gasteiger partial charge on any atom is 0.0545 e. The van der Waals surface area contributed by atoms with Crippen molar-refractivity contribution >= 4 is 0 Å². The Hall–Kier alpha value is -1.09. The SMILES string of the molecule is c1cc2nc(c1)CNCCCNCCCNCCNCCCNCCCNC2. The molecule has 1 aliphatic heterocycles. The van der Waals surface area contributed by atoms with Crippen molar-refractivity contribution in [2.75, 3.05) is 65.4 Å². The number of fused-ring (bicyclic) bond motifs is 2. The summed E-state index contributed by atoms with van der Waals surface area (Å²) in [5.74, 6) is 0. The fraction of sp³-hybridized carbons (Fsp3) is 0.762. The summed E-state index contributed by atoms with van der Waals surface area (Å²) in [6, 6.07) is 6.32.